The summed E-state index contributed by atoms with van der Waals surface area (Å²) < 4.78 is 8.33. The van der Waals surface area contributed by atoms with E-state index in [-0.39, 0.29) is 0 Å². The van der Waals surface area contributed by atoms with Gasteiger partial charge in [0.15, 0.2) is 0 Å². The monoisotopic (exact) mass is 398 g/mol. The van der Waals surface area contributed by atoms with Gasteiger partial charge in [-0.3, -0.25) is 4.57 Å². The first-order chi connectivity index (χ1) is 14.7. The van der Waals surface area contributed by atoms with Crippen molar-refractivity contribution in [2.24, 2.45) is 0 Å². The number of ether oxygens (including phenoxy) is 1. The highest BCUT2D eigenvalue weighted by Gasteiger charge is 2.15. The van der Waals surface area contributed by atoms with E-state index in [0.29, 0.717) is 0 Å². The second-order valence-electron chi connectivity index (χ2n) is 8.04. The SMILES string of the molecule is CCCCCCOc1ccc2nc(-c3ccccc3)n(-c3cc(C)cc(C)c3)c2c1. The molecule has 0 saturated heterocycles. The highest BCUT2D eigenvalue weighted by Crippen LogP contribution is 2.31. The Morgan fingerprint density at radius 1 is 0.833 bits per heavy atom. The third-order valence-electron chi connectivity index (χ3n) is 5.39. The molecule has 0 N–H and O–H groups in total. The summed E-state index contributed by atoms with van der Waals surface area (Å²) in [6.07, 6.45) is 4.82. The van der Waals surface area contributed by atoms with E-state index >= 15 is 0 Å². The van der Waals surface area contributed by atoms with Gasteiger partial charge in [0.1, 0.15) is 11.6 Å². The smallest absolute Gasteiger partial charge is 0.145 e. The van der Waals surface area contributed by atoms with Gasteiger partial charge in [-0.1, -0.05) is 62.6 Å². The molecule has 1 heterocycles. The average Bonchev–Trinajstić information content (AvgIpc) is 3.12. The van der Waals surface area contributed by atoms with Crippen molar-refractivity contribution >= 4 is 11.0 Å². The van der Waals surface area contributed by atoms with Crippen LogP contribution in [-0.2, 0) is 0 Å². The molecular formula is C27H30N2O. The predicted molar refractivity (Wildman–Crippen MR) is 126 cm³/mol. The first-order valence-corrected chi connectivity index (χ1v) is 10.9. The Bertz CT molecular complexity index is 1110. The lowest BCUT2D eigenvalue weighted by atomic mass is 10.1. The van der Waals surface area contributed by atoms with Crippen molar-refractivity contribution in [3.63, 3.8) is 0 Å². The molecule has 0 spiro atoms. The van der Waals surface area contributed by atoms with Gasteiger partial charge in [-0.15, -0.1) is 0 Å². The van der Waals surface area contributed by atoms with Gasteiger partial charge >= 0.3 is 0 Å². The summed E-state index contributed by atoms with van der Waals surface area (Å²) in [5.74, 6) is 1.86. The molecule has 3 nitrogen and oxygen atoms in total. The standard InChI is InChI=1S/C27H30N2O/c1-4-5-6-10-15-30-24-13-14-25-26(19-24)29(23-17-20(2)16-21(3)18-23)27(28-25)22-11-8-7-9-12-22/h7-9,11-14,16-19H,4-6,10,15H2,1-3H3. The molecule has 3 heteroatoms. The summed E-state index contributed by atoms with van der Waals surface area (Å²) in [7, 11) is 0. The van der Waals surface area contributed by atoms with Crippen LogP contribution in [0.2, 0.25) is 0 Å². The van der Waals surface area contributed by atoms with E-state index in [0.717, 1.165) is 46.9 Å². The average molecular weight is 399 g/mol. The van der Waals surface area contributed by atoms with Gasteiger partial charge < -0.3 is 4.74 Å². The Morgan fingerprint density at radius 2 is 1.60 bits per heavy atom. The largest absolute Gasteiger partial charge is 0.494 e. The molecule has 1 aromatic heterocycles. The summed E-state index contributed by atoms with van der Waals surface area (Å²) in [5.41, 5.74) is 6.78. The minimum atomic E-state index is 0.759. The molecule has 0 atom stereocenters. The topological polar surface area (TPSA) is 27.1 Å². The Morgan fingerprint density at radius 3 is 2.33 bits per heavy atom. The van der Waals surface area contributed by atoms with E-state index in [1.807, 2.05) is 12.1 Å². The van der Waals surface area contributed by atoms with Gasteiger partial charge in [0.2, 0.25) is 0 Å². The minimum Gasteiger partial charge on any atom is -0.494 e. The highest BCUT2D eigenvalue weighted by molar-refractivity contribution is 5.84. The van der Waals surface area contributed by atoms with Crippen molar-refractivity contribution in [2.45, 2.75) is 46.5 Å². The lowest BCUT2D eigenvalue weighted by Crippen LogP contribution is -2.00. The Balaban J connectivity index is 1.79. The molecule has 0 unspecified atom stereocenters. The number of aromatic nitrogens is 2. The zero-order valence-corrected chi connectivity index (χ0v) is 18.2. The first-order valence-electron chi connectivity index (χ1n) is 10.9. The zero-order valence-electron chi connectivity index (χ0n) is 18.2. The van der Waals surface area contributed by atoms with Crippen LogP contribution in [0.15, 0.2) is 66.7 Å². The number of hydrogen-bond acceptors (Lipinski definition) is 2. The quantitative estimate of drug-likeness (QED) is 0.292. The normalized spacial score (nSPS) is 11.2. The third kappa shape index (κ3) is 4.40. The summed E-state index contributed by atoms with van der Waals surface area (Å²) in [6, 6.07) is 23.3. The van der Waals surface area contributed by atoms with Crippen molar-refractivity contribution in [1.29, 1.82) is 0 Å². The maximum absolute atomic E-state index is 6.07. The van der Waals surface area contributed by atoms with E-state index in [2.05, 4.69) is 79.9 Å². The van der Waals surface area contributed by atoms with Crippen LogP contribution in [0.5, 0.6) is 5.75 Å². The van der Waals surface area contributed by atoms with E-state index in [1.54, 1.807) is 0 Å². The number of imidazole rings is 1. The number of benzene rings is 3. The molecule has 4 aromatic rings. The van der Waals surface area contributed by atoms with Gasteiger partial charge in [-0.2, -0.15) is 0 Å². The van der Waals surface area contributed by atoms with Crippen molar-refractivity contribution < 1.29 is 4.74 Å². The van der Waals surface area contributed by atoms with Gasteiger partial charge in [-0.25, -0.2) is 4.98 Å². The maximum Gasteiger partial charge on any atom is 0.145 e. The molecule has 0 aliphatic rings. The van der Waals surface area contributed by atoms with Crippen molar-refractivity contribution in [3.8, 4) is 22.8 Å². The summed E-state index contributed by atoms with van der Waals surface area (Å²) >= 11 is 0. The Hall–Kier alpha value is -3.07. The molecule has 0 aliphatic carbocycles. The van der Waals surface area contributed by atoms with E-state index in [4.69, 9.17) is 9.72 Å². The van der Waals surface area contributed by atoms with Crippen molar-refractivity contribution in [2.75, 3.05) is 6.61 Å². The maximum atomic E-state index is 6.07. The molecule has 0 saturated carbocycles. The van der Waals surface area contributed by atoms with Crippen molar-refractivity contribution in [3.05, 3.63) is 77.9 Å². The molecule has 0 bridgehead atoms. The number of hydrogen-bond donors (Lipinski definition) is 0. The van der Waals surface area contributed by atoms with Crippen LogP contribution in [0.25, 0.3) is 28.1 Å². The van der Waals surface area contributed by atoms with Gasteiger partial charge in [-0.05, 0) is 55.7 Å². The van der Waals surface area contributed by atoms with Crippen LogP contribution in [0.3, 0.4) is 0 Å². The second kappa shape index (κ2) is 9.17. The number of fused-ring (bicyclic) bond motifs is 1. The van der Waals surface area contributed by atoms with E-state index in [9.17, 15) is 0 Å². The molecule has 30 heavy (non-hydrogen) atoms. The van der Waals surface area contributed by atoms with Crippen LogP contribution >= 0.6 is 0 Å². The van der Waals surface area contributed by atoms with Crippen LogP contribution < -0.4 is 4.74 Å². The van der Waals surface area contributed by atoms with E-state index < -0.39 is 0 Å². The zero-order chi connectivity index (χ0) is 20.9. The minimum absolute atomic E-state index is 0.759. The van der Waals surface area contributed by atoms with E-state index in [1.165, 1.54) is 30.4 Å². The lowest BCUT2D eigenvalue weighted by molar-refractivity contribution is 0.305. The lowest BCUT2D eigenvalue weighted by Gasteiger charge is -2.12. The molecule has 3 aromatic carbocycles. The van der Waals surface area contributed by atoms with Gasteiger partial charge in [0.25, 0.3) is 0 Å². The predicted octanol–water partition coefficient (Wildman–Crippen LogP) is 7.27. The highest BCUT2D eigenvalue weighted by atomic mass is 16.5. The first kappa shape index (κ1) is 20.2. The summed E-state index contributed by atoms with van der Waals surface area (Å²) in [5, 5.41) is 0. The van der Waals surface area contributed by atoms with Gasteiger partial charge in [0, 0.05) is 17.3 Å². The van der Waals surface area contributed by atoms with Crippen LogP contribution in [0, 0.1) is 13.8 Å². The summed E-state index contributed by atoms with van der Waals surface area (Å²) in [4.78, 5) is 4.99. The number of aryl methyl sites for hydroxylation is 2. The molecule has 0 radical (unpaired) electrons. The fraction of sp³-hybridized carbons (Fsp3) is 0.296. The summed E-state index contributed by atoms with van der Waals surface area (Å²) in [6.45, 7) is 7.27. The number of unbranched alkanes of at least 4 members (excludes halogenated alkanes) is 3. The molecule has 154 valence electrons. The molecule has 0 amide bonds. The fourth-order valence-electron chi connectivity index (χ4n) is 3.99. The Kier molecular flexibility index (Phi) is 6.18. The number of rotatable bonds is 8. The van der Waals surface area contributed by atoms with Crippen molar-refractivity contribution in [1.82, 2.24) is 9.55 Å². The molecule has 0 aliphatic heterocycles. The molecule has 4 rings (SSSR count). The Labute approximate surface area is 179 Å². The number of nitrogens with zero attached hydrogens (tertiary/aromatic N) is 2. The van der Waals surface area contributed by atoms with Crippen LogP contribution in [0.4, 0.5) is 0 Å². The second-order valence-corrected chi connectivity index (χ2v) is 8.04. The third-order valence-corrected chi connectivity index (χ3v) is 5.39. The molecule has 0 fully saturated rings. The fourth-order valence-corrected chi connectivity index (χ4v) is 3.99. The molecular weight excluding hydrogens is 368 g/mol. The van der Waals surface area contributed by atoms with Crippen LogP contribution in [-0.4, -0.2) is 16.2 Å². The van der Waals surface area contributed by atoms with Gasteiger partial charge in [0.05, 0.1) is 17.6 Å². The van der Waals surface area contributed by atoms with Crippen LogP contribution in [0.1, 0.15) is 43.7 Å².